The largest absolute Gasteiger partial charge is 0.478 e. The smallest absolute Gasteiger partial charge is 0.344 e. The van der Waals surface area contributed by atoms with Crippen LogP contribution in [0.25, 0.3) is 0 Å². The van der Waals surface area contributed by atoms with Gasteiger partial charge in [-0.1, -0.05) is 89.2 Å². The summed E-state index contributed by atoms with van der Waals surface area (Å²) in [5, 5.41) is 10.6. The Bertz CT molecular complexity index is 873. The highest BCUT2D eigenvalue weighted by molar-refractivity contribution is 6.06. The summed E-state index contributed by atoms with van der Waals surface area (Å²) >= 11 is 0. The van der Waals surface area contributed by atoms with E-state index in [2.05, 4.69) is 18.2 Å². The third-order valence-electron chi connectivity index (χ3n) is 8.37. The van der Waals surface area contributed by atoms with E-state index in [0.717, 1.165) is 107 Å². The Morgan fingerprint density at radius 3 is 1.39 bits per heavy atom. The average Bonchev–Trinajstić information content (AvgIpc) is 2.92. The second kappa shape index (κ2) is 18.2. The van der Waals surface area contributed by atoms with Crippen LogP contribution in [0.15, 0.2) is 46.3 Å². The Labute approximate surface area is 231 Å². The molecular weight excluding hydrogens is 472 g/mol. The van der Waals surface area contributed by atoms with Gasteiger partial charge in [0.25, 0.3) is 0 Å². The summed E-state index contributed by atoms with van der Waals surface area (Å²) in [6, 6.07) is 0. The number of esters is 1. The Balaban J connectivity index is 2.02. The van der Waals surface area contributed by atoms with E-state index in [1.807, 2.05) is 0 Å². The van der Waals surface area contributed by atoms with E-state index >= 15 is 0 Å². The van der Waals surface area contributed by atoms with Gasteiger partial charge in [-0.15, -0.1) is 0 Å². The van der Waals surface area contributed by atoms with Gasteiger partial charge >= 0.3 is 11.9 Å². The number of hydrogen-bond acceptors (Lipinski definition) is 3. The predicted octanol–water partition coefficient (Wildman–Crippen LogP) is 10.1. The van der Waals surface area contributed by atoms with E-state index in [4.69, 9.17) is 4.74 Å². The lowest BCUT2D eigenvalue weighted by molar-refractivity contribution is -0.137. The van der Waals surface area contributed by atoms with Crippen molar-refractivity contribution in [2.75, 3.05) is 0 Å². The third kappa shape index (κ3) is 10.9. The molecule has 0 aliphatic heterocycles. The number of aliphatic carboxylic acids is 1. The Morgan fingerprint density at radius 1 is 0.500 bits per heavy atom. The van der Waals surface area contributed by atoms with E-state index in [9.17, 15) is 14.7 Å². The molecule has 1 N–H and O–H groups in total. The van der Waals surface area contributed by atoms with Crippen molar-refractivity contribution in [3.8, 4) is 0 Å². The lowest BCUT2D eigenvalue weighted by Gasteiger charge is -2.20. The third-order valence-corrected chi connectivity index (χ3v) is 8.37. The zero-order valence-corrected chi connectivity index (χ0v) is 23.9. The molecule has 38 heavy (non-hydrogen) atoms. The fourth-order valence-electron chi connectivity index (χ4n) is 6.12. The van der Waals surface area contributed by atoms with Crippen molar-refractivity contribution in [2.24, 2.45) is 0 Å². The summed E-state index contributed by atoms with van der Waals surface area (Å²) in [4.78, 5) is 27.0. The summed E-state index contributed by atoms with van der Waals surface area (Å²) in [7, 11) is 0. The van der Waals surface area contributed by atoms with E-state index in [-0.39, 0.29) is 5.57 Å². The molecule has 4 heteroatoms. The maximum absolute atomic E-state index is 14.0. The molecule has 0 bridgehead atoms. The number of carboxylic acids is 1. The van der Waals surface area contributed by atoms with Crippen molar-refractivity contribution in [3.05, 3.63) is 46.3 Å². The first kappa shape index (κ1) is 30.4. The standard InChI is InChI=1S/C34H52O4/c35-33(36)31(28-22-16-10-4-1-5-11-17-23-28)32(29-24-18-12-6-2-7-13-19-25-29)34(37)38-30-26-20-14-8-3-9-15-21-27-30/h22,24,26H,1-21,23,25,27H2,(H,35,36). The highest BCUT2D eigenvalue weighted by Crippen LogP contribution is 2.33. The normalized spacial score (nSPS) is 22.5. The van der Waals surface area contributed by atoms with Crippen LogP contribution in [-0.2, 0) is 14.3 Å². The van der Waals surface area contributed by atoms with Crippen molar-refractivity contribution >= 4 is 11.9 Å². The lowest BCUT2D eigenvalue weighted by atomic mass is 9.87. The van der Waals surface area contributed by atoms with Crippen LogP contribution in [0.4, 0.5) is 0 Å². The van der Waals surface area contributed by atoms with E-state index in [1.54, 1.807) is 0 Å². The summed E-state index contributed by atoms with van der Waals surface area (Å²) in [6.45, 7) is 0. The average molecular weight is 525 g/mol. The number of carbonyl (C=O) groups is 2. The van der Waals surface area contributed by atoms with Crippen LogP contribution in [0.5, 0.6) is 0 Å². The van der Waals surface area contributed by atoms with Gasteiger partial charge in [0.15, 0.2) is 0 Å². The van der Waals surface area contributed by atoms with Crippen molar-refractivity contribution in [1.82, 2.24) is 0 Å². The van der Waals surface area contributed by atoms with Crippen molar-refractivity contribution in [1.29, 1.82) is 0 Å². The van der Waals surface area contributed by atoms with Crippen molar-refractivity contribution < 1.29 is 19.4 Å². The first-order chi connectivity index (χ1) is 18.7. The Kier molecular flexibility index (Phi) is 14.6. The minimum absolute atomic E-state index is 0.208. The molecular formula is C34H52O4. The summed E-state index contributed by atoms with van der Waals surface area (Å²) in [5.41, 5.74) is 2.27. The van der Waals surface area contributed by atoms with Gasteiger partial charge in [-0.2, -0.15) is 0 Å². The number of ether oxygens (including phenoxy) is 1. The summed E-state index contributed by atoms with van der Waals surface area (Å²) in [6.07, 6.45) is 31.9. The topological polar surface area (TPSA) is 63.6 Å². The molecule has 3 aliphatic carbocycles. The van der Waals surface area contributed by atoms with Crippen LogP contribution < -0.4 is 0 Å². The second-order valence-corrected chi connectivity index (χ2v) is 11.6. The SMILES string of the molecule is O=C(O)C(C1=CCCCCCCCC1)=C(C(=O)OC1=CCCCCCCCC1)C1=CCCCCCCCC1. The molecule has 0 fully saturated rings. The molecule has 0 aromatic rings. The number of allylic oxidation sites excluding steroid dienone is 4. The van der Waals surface area contributed by atoms with E-state index in [1.165, 1.54) is 57.8 Å². The van der Waals surface area contributed by atoms with Gasteiger partial charge in [0.2, 0.25) is 0 Å². The maximum atomic E-state index is 14.0. The quantitative estimate of drug-likeness (QED) is 0.287. The molecule has 0 saturated carbocycles. The van der Waals surface area contributed by atoms with Gasteiger partial charge in [0.1, 0.15) is 5.76 Å². The molecule has 4 nitrogen and oxygen atoms in total. The van der Waals surface area contributed by atoms with Gasteiger partial charge in [-0.05, 0) is 87.9 Å². The van der Waals surface area contributed by atoms with Gasteiger partial charge in [-0.25, -0.2) is 9.59 Å². The molecule has 0 atom stereocenters. The van der Waals surface area contributed by atoms with Crippen LogP contribution in [0.3, 0.4) is 0 Å². The first-order valence-corrected chi connectivity index (χ1v) is 15.9. The molecule has 0 spiro atoms. The molecule has 0 saturated heterocycles. The van der Waals surface area contributed by atoms with Crippen LogP contribution in [0.1, 0.15) is 154 Å². The molecule has 0 amide bonds. The van der Waals surface area contributed by atoms with Crippen LogP contribution >= 0.6 is 0 Å². The number of rotatable bonds is 5. The first-order valence-electron chi connectivity index (χ1n) is 15.9. The van der Waals surface area contributed by atoms with Crippen molar-refractivity contribution in [2.45, 2.75) is 154 Å². The summed E-state index contributed by atoms with van der Waals surface area (Å²) in [5.74, 6) is -0.704. The van der Waals surface area contributed by atoms with E-state index in [0.29, 0.717) is 12.0 Å². The monoisotopic (exact) mass is 524 g/mol. The predicted molar refractivity (Wildman–Crippen MR) is 156 cm³/mol. The van der Waals surface area contributed by atoms with E-state index < -0.39 is 11.9 Å². The fraction of sp³-hybridized carbons (Fsp3) is 0.706. The van der Waals surface area contributed by atoms with Gasteiger partial charge in [-0.3, -0.25) is 0 Å². The number of carboxylic acid groups (broad SMARTS) is 1. The fourth-order valence-corrected chi connectivity index (χ4v) is 6.12. The molecule has 3 rings (SSSR count). The number of hydrogen-bond donors (Lipinski definition) is 1. The Hall–Kier alpha value is -2.10. The molecule has 0 aromatic carbocycles. The minimum atomic E-state index is -0.988. The zero-order valence-electron chi connectivity index (χ0n) is 23.9. The van der Waals surface area contributed by atoms with Gasteiger partial charge in [0.05, 0.1) is 11.1 Å². The van der Waals surface area contributed by atoms with Gasteiger partial charge < -0.3 is 9.84 Å². The molecule has 0 unspecified atom stereocenters. The van der Waals surface area contributed by atoms with Crippen LogP contribution in [0.2, 0.25) is 0 Å². The second-order valence-electron chi connectivity index (χ2n) is 11.6. The molecule has 0 heterocycles. The molecule has 3 aliphatic rings. The zero-order chi connectivity index (χ0) is 26.8. The molecule has 212 valence electrons. The van der Waals surface area contributed by atoms with Crippen LogP contribution in [-0.4, -0.2) is 17.0 Å². The summed E-state index contributed by atoms with van der Waals surface area (Å²) < 4.78 is 6.12. The Morgan fingerprint density at radius 2 is 0.895 bits per heavy atom. The molecule has 0 aromatic heterocycles. The highest BCUT2D eigenvalue weighted by atomic mass is 16.5. The molecule has 0 radical (unpaired) electrons. The lowest BCUT2D eigenvalue weighted by Crippen LogP contribution is -2.18. The maximum Gasteiger partial charge on any atom is 0.344 e. The van der Waals surface area contributed by atoms with Gasteiger partial charge in [0, 0.05) is 6.42 Å². The minimum Gasteiger partial charge on any atom is -0.478 e. The van der Waals surface area contributed by atoms with Crippen molar-refractivity contribution in [3.63, 3.8) is 0 Å². The highest BCUT2D eigenvalue weighted by Gasteiger charge is 2.28. The number of carbonyl (C=O) groups excluding carboxylic acids is 1. The van der Waals surface area contributed by atoms with Crippen LogP contribution in [0, 0.1) is 0 Å².